The van der Waals surface area contributed by atoms with E-state index in [4.69, 9.17) is 4.74 Å². The van der Waals surface area contributed by atoms with Crippen LogP contribution in [0.5, 0.6) is 5.75 Å². The van der Waals surface area contributed by atoms with Gasteiger partial charge < -0.3 is 9.64 Å². The van der Waals surface area contributed by atoms with Crippen LogP contribution < -0.4 is 9.64 Å². The van der Waals surface area contributed by atoms with Crippen LogP contribution in [0, 0.1) is 5.92 Å². The Balaban J connectivity index is 1.30. The van der Waals surface area contributed by atoms with Crippen molar-refractivity contribution in [2.45, 2.75) is 31.7 Å². The van der Waals surface area contributed by atoms with Crippen molar-refractivity contribution in [2.24, 2.45) is 13.0 Å². The monoisotopic (exact) mass is 368 g/mol. The molecule has 1 aromatic heterocycles. The first kappa shape index (κ1) is 18.0. The fourth-order valence-corrected chi connectivity index (χ4v) is 4.16. The topological polar surface area (TPSA) is 50.6 Å². The minimum Gasteiger partial charge on any atom is -0.493 e. The Morgan fingerprint density at radius 2 is 1.89 bits per heavy atom. The molecule has 0 radical (unpaired) electrons. The zero-order valence-electron chi connectivity index (χ0n) is 16.0. The average molecular weight is 368 g/mol. The molecule has 2 aliphatic rings. The van der Waals surface area contributed by atoms with Crippen molar-refractivity contribution < 1.29 is 9.53 Å². The molecule has 0 aliphatic carbocycles. The number of benzene rings is 1. The van der Waals surface area contributed by atoms with Crippen molar-refractivity contribution in [1.82, 2.24) is 14.7 Å². The highest BCUT2D eigenvalue weighted by molar-refractivity contribution is 5.97. The molecule has 2 saturated heterocycles. The first-order chi connectivity index (χ1) is 13.2. The van der Waals surface area contributed by atoms with Gasteiger partial charge in [-0.05, 0) is 56.8 Å². The van der Waals surface area contributed by atoms with Gasteiger partial charge in [-0.2, -0.15) is 5.10 Å². The predicted molar refractivity (Wildman–Crippen MR) is 105 cm³/mol. The largest absolute Gasteiger partial charge is 0.493 e. The summed E-state index contributed by atoms with van der Waals surface area (Å²) in [7, 11) is 1.89. The van der Waals surface area contributed by atoms with E-state index in [2.05, 4.69) is 10.00 Å². The molecule has 1 unspecified atom stereocenters. The Morgan fingerprint density at radius 3 is 2.59 bits per heavy atom. The number of hydrogen-bond acceptors (Lipinski definition) is 4. The third kappa shape index (κ3) is 4.16. The van der Waals surface area contributed by atoms with Gasteiger partial charge in [0.1, 0.15) is 5.75 Å². The maximum absolute atomic E-state index is 13.0. The summed E-state index contributed by atoms with van der Waals surface area (Å²) in [6, 6.07) is 10.0. The lowest BCUT2D eigenvalue weighted by Crippen LogP contribution is -2.54. The van der Waals surface area contributed by atoms with Crippen LogP contribution in [0.1, 0.15) is 25.7 Å². The van der Waals surface area contributed by atoms with Gasteiger partial charge in [-0.1, -0.05) is 18.2 Å². The Morgan fingerprint density at radius 1 is 1.11 bits per heavy atom. The number of ether oxygens (including phenoxy) is 1. The Kier molecular flexibility index (Phi) is 5.43. The number of para-hydroxylation sites is 1. The predicted octanol–water partition coefficient (Wildman–Crippen LogP) is 2.71. The van der Waals surface area contributed by atoms with Gasteiger partial charge in [-0.25, -0.2) is 0 Å². The molecule has 2 fully saturated rings. The summed E-state index contributed by atoms with van der Waals surface area (Å²) in [4.78, 5) is 17.3. The van der Waals surface area contributed by atoms with Gasteiger partial charge in [0.25, 0.3) is 0 Å². The van der Waals surface area contributed by atoms with Crippen molar-refractivity contribution >= 4 is 11.6 Å². The molecule has 0 saturated carbocycles. The third-order valence-corrected chi connectivity index (χ3v) is 5.73. The molecular weight excluding hydrogens is 340 g/mol. The average Bonchev–Trinajstić information content (AvgIpc) is 3.14. The number of rotatable bonds is 5. The fourth-order valence-electron chi connectivity index (χ4n) is 4.16. The minimum atomic E-state index is 0.00921. The third-order valence-electron chi connectivity index (χ3n) is 5.73. The van der Waals surface area contributed by atoms with E-state index in [1.165, 1.54) is 0 Å². The number of aryl methyl sites for hydroxylation is 1. The molecule has 6 nitrogen and oxygen atoms in total. The second-order valence-corrected chi connectivity index (χ2v) is 7.62. The molecule has 2 aromatic rings. The molecule has 0 spiro atoms. The molecule has 1 aromatic carbocycles. The van der Waals surface area contributed by atoms with E-state index in [1.807, 2.05) is 48.5 Å². The van der Waals surface area contributed by atoms with E-state index < -0.39 is 0 Å². The Bertz CT molecular complexity index is 753. The summed E-state index contributed by atoms with van der Waals surface area (Å²) >= 11 is 0. The molecular formula is C21H28N4O2. The number of aromatic nitrogens is 2. The summed E-state index contributed by atoms with van der Waals surface area (Å²) in [5.41, 5.74) is 0.915. The van der Waals surface area contributed by atoms with Gasteiger partial charge in [0.05, 0.1) is 24.5 Å². The van der Waals surface area contributed by atoms with Crippen LogP contribution in [-0.4, -0.2) is 52.9 Å². The first-order valence-corrected chi connectivity index (χ1v) is 9.92. The van der Waals surface area contributed by atoms with E-state index in [1.54, 1.807) is 10.9 Å². The molecule has 4 rings (SSSR count). The number of likely N-dealkylation sites (tertiary alicyclic amines) is 1. The molecule has 0 bridgehead atoms. The van der Waals surface area contributed by atoms with Crippen LogP contribution in [0.25, 0.3) is 0 Å². The van der Waals surface area contributed by atoms with Gasteiger partial charge in [-0.3, -0.25) is 14.4 Å². The summed E-state index contributed by atoms with van der Waals surface area (Å²) in [5.74, 6) is 1.73. The van der Waals surface area contributed by atoms with E-state index in [0.717, 1.165) is 63.4 Å². The van der Waals surface area contributed by atoms with Gasteiger partial charge in [0.2, 0.25) is 5.91 Å². The molecule has 27 heavy (non-hydrogen) atoms. The van der Waals surface area contributed by atoms with Crippen LogP contribution in [0.15, 0.2) is 42.7 Å². The SMILES string of the molecule is Cn1cc(N2CCCC(N3CCC(COc4ccccc4)CC3)C2=O)cn1. The highest BCUT2D eigenvalue weighted by atomic mass is 16.5. The van der Waals surface area contributed by atoms with E-state index in [9.17, 15) is 4.79 Å². The van der Waals surface area contributed by atoms with Gasteiger partial charge >= 0.3 is 0 Å². The van der Waals surface area contributed by atoms with E-state index >= 15 is 0 Å². The number of piperidine rings is 2. The summed E-state index contributed by atoms with van der Waals surface area (Å²) in [6.45, 7) is 3.50. The number of carbonyl (C=O) groups excluding carboxylic acids is 1. The molecule has 3 heterocycles. The number of carbonyl (C=O) groups is 1. The lowest BCUT2D eigenvalue weighted by Gasteiger charge is -2.41. The number of nitrogens with zero attached hydrogens (tertiary/aromatic N) is 4. The number of hydrogen-bond donors (Lipinski definition) is 0. The summed E-state index contributed by atoms with van der Waals surface area (Å²) < 4.78 is 7.68. The zero-order chi connectivity index (χ0) is 18.6. The summed E-state index contributed by atoms with van der Waals surface area (Å²) in [5, 5.41) is 4.21. The lowest BCUT2D eigenvalue weighted by molar-refractivity contribution is -0.126. The second-order valence-electron chi connectivity index (χ2n) is 7.62. The summed E-state index contributed by atoms with van der Waals surface area (Å²) in [6.07, 6.45) is 7.89. The van der Waals surface area contributed by atoms with Crippen molar-refractivity contribution in [3.05, 3.63) is 42.7 Å². The zero-order valence-corrected chi connectivity index (χ0v) is 16.0. The van der Waals surface area contributed by atoms with Gasteiger partial charge in [-0.15, -0.1) is 0 Å². The van der Waals surface area contributed by atoms with E-state index in [-0.39, 0.29) is 11.9 Å². The van der Waals surface area contributed by atoms with Crippen LogP contribution in [0.2, 0.25) is 0 Å². The normalized spacial score (nSPS) is 22.2. The van der Waals surface area contributed by atoms with E-state index in [0.29, 0.717) is 5.92 Å². The molecule has 2 aliphatic heterocycles. The molecule has 144 valence electrons. The molecule has 1 atom stereocenters. The highest BCUT2D eigenvalue weighted by Gasteiger charge is 2.36. The highest BCUT2D eigenvalue weighted by Crippen LogP contribution is 2.27. The van der Waals surface area contributed by atoms with Crippen LogP contribution in [0.3, 0.4) is 0 Å². The molecule has 6 heteroatoms. The van der Waals surface area contributed by atoms with Crippen molar-refractivity contribution in [1.29, 1.82) is 0 Å². The van der Waals surface area contributed by atoms with Crippen molar-refractivity contribution in [3.63, 3.8) is 0 Å². The van der Waals surface area contributed by atoms with Crippen LogP contribution in [0.4, 0.5) is 5.69 Å². The van der Waals surface area contributed by atoms with Gasteiger partial charge in [0, 0.05) is 19.8 Å². The van der Waals surface area contributed by atoms with Crippen molar-refractivity contribution in [2.75, 3.05) is 31.1 Å². The number of amides is 1. The Labute approximate surface area is 160 Å². The molecule has 0 N–H and O–H groups in total. The van der Waals surface area contributed by atoms with Crippen LogP contribution >= 0.6 is 0 Å². The fraction of sp³-hybridized carbons (Fsp3) is 0.524. The number of anilines is 1. The smallest absolute Gasteiger partial charge is 0.244 e. The van der Waals surface area contributed by atoms with Gasteiger partial charge in [0.15, 0.2) is 0 Å². The Hall–Kier alpha value is -2.34. The maximum Gasteiger partial charge on any atom is 0.244 e. The van der Waals surface area contributed by atoms with Crippen LogP contribution in [-0.2, 0) is 11.8 Å². The maximum atomic E-state index is 13.0. The molecule has 1 amide bonds. The quantitative estimate of drug-likeness (QED) is 0.814. The van der Waals surface area contributed by atoms with Crippen molar-refractivity contribution in [3.8, 4) is 5.75 Å². The minimum absolute atomic E-state index is 0.00921. The standard InChI is InChI=1S/C21H28N4O2/c1-23-15-18(14-22-23)25-11-5-8-20(21(25)26)24-12-9-17(10-13-24)16-27-19-6-3-2-4-7-19/h2-4,6-7,14-15,17,20H,5,8-13,16H2,1H3. The second kappa shape index (κ2) is 8.13. The lowest BCUT2D eigenvalue weighted by atomic mass is 9.94. The first-order valence-electron chi connectivity index (χ1n) is 9.92.